The number of hydrogen-bond acceptors (Lipinski definition) is 3. The van der Waals surface area contributed by atoms with Crippen LogP contribution in [0.1, 0.15) is 29.6 Å². The van der Waals surface area contributed by atoms with Gasteiger partial charge < -0.3 is 15.7 Å². The molecule has 0 saturated heterocycles. The van der Waals surface area contributed by atoms with Crippen LogP contribution >= 0.6 is 11.6 Å². The third-order valence-corrected chi connectivity index (χ3v) is 3.17. The molecule has 18 heavy (non-hydrogen) atoms. The Bertz CT molecular complexity index is 433. The predicted octanol–water partition coefficient (Wildman–Crippen LogP) is 1.92. The van der Waals surface area contributed by atoms with Crippen molar-refractivity contribution in [3.63, 3.8) is 0 Å². The van der Waals surface area contributed by atoms with Gasteiger partial charge in [-0.05, 0) is 44.0 Å². The number of aromatic hydroxyl groups is 1. The average molecular weight is 269 g/mol. The lowest BCUT2D eigenvalue weighted by atomic mass is 10.2. The molecule has 1 aromatic rings. The standard InChI is InChI=1S/C13H17ClN2O2/c14-12-5-4-10(17)8-11(12)13(18)16-7-1-6-15-9-2-3-9/h4-5,8-9,15,17H,1-3,6-7H2,(H,16,18). The van der Waals surface area contributed by atoms with Gasteiger partial charge in [-0.2, -0.15) is 0 Å². The van der Waals surface area contributed by atoms with Crippen molar-refractivity contribution in [2.45, 2.75) is 25.3 Å². The van der Waals surface area contributed by atoms with E-state index >= 15 is 0 Å². The summed E-state index contributed by atoms with van der Waals surface area (Å²) in [6.07, 6.45) is 3.43. The van der Waals surface area contributed by atoms with Crippen LogP contribution in [0.25, 0.3) is 0 Å². The van der Waals surface area contributed by atoms with Crippen LogP contribution in [0.3, 0.4) is 0 Å². The number of hydrogen-bond donors (Lipinski definition) is 3. The van der Waals surface area contributed by atoms with Crippen LogP contribution < -0.4 is 10.6 Å². The van der Waals surface area contributed by atoms with Gasteiger partial charge in [-0.25, -0.2) is 0 Å². The quantitative estimate of drug-likeness (QED) is 0.691. The molecule has 0 aliphatic heterocycles. The molecule has 1 aliphatic carbocycles. The minimum Gasteiger partial charge on any atom is -0.508 e. The second-order valence-electron chi connectivity index (χ2n) is 4.50. The van der Waals surface area contributed by atoms with Crippen molar-refractivity contribution >= 4 is 17.5 Å². The Morgan fingerprint density at radius 3 is 2.89 bits per heavy atom. The fraction of sp³-hybridized carbons (Fsp3) is 0.462. The summed E-state index contributed by atoms with van der Waals surface area (Å²) in [5.74, 6) is -0.206. The lowest BCUT2D eigenvalue weighted by Crippen LogP contribution is -2.28. The number of amides is 1. The maximum absolute atomic E-state index is 11.8. The number of phenols is 1. The minimum atomic E-state index is -0.248. The highest BCUT2D eigenvalue weighted by molar-refractivity contribution is 6.33. The Kier molecular flexibility index (Phi) is 4.44. The summed E-state index contributed by atoms with van der Waals surface area (Å²) in [6.45, 7) is 1.52. The van der Waals surface area contributed by atoms with E-state index in [9.17, 15) is 9.90 Å². The number of carbonyl (C=O) groups excluding carboxylic acids is 1. The van der Waals surface area contributed by atoms with Gasteiger partial charge in [0.25, 0.3) is 5.91 Å². The lowest BCUT2D eigenvalue weighted by Gasteiger charge is -2.07. The van der Waals surface area contributed by atoms with E-state index in [1.165, 1.54) is 31.0 Å². The highest BCUT2D eigenvalue weighted by Gasteiger charge is 2.19. The van der Waals surface area contributed by atoms with Crippen molar-refractivity contribution in [3.8, 4) is 5.75 Å². The predicted molar refractivity (Wildman–Crippen MR) is 71.1 cm³/mol. The molecule has 1 aromatic carbocycles. The van der Waals surface area contributed by atoms with Crippen LogP contribution in [-0.4, -0.2) is 30.1 Å². The van der Waals surface area contributed by atoms with Gasteiger partial charge in [0, 0.05) is 12.6 Å². The number of benzene rings is 1. The van der Waals surface area contributed by atoms with Crippen LogP contribution in [0.5, 0.6) is 5.75 Å². The smallest absolute Gasteiger partial charge is 0.252 e. The molecule has 3 N–H and O–H groups in total. The van der Waals surface area contributed by atoms with Gasteiger partial charge >= 0.3 is 0 Å². The van der Waals surface area contributed by atoms with Crippen molar-refractivity contribution < 1.29 is 9.90 Å². The number of carbonyl (C=O) groups is 1. The molecule has 0 atom stereocenters. The molecular formula is C13H17ClN2O2. The second kappa shape index (κ2) is 6.07. The molecule has 0 radical (unpaired) electrons. The average Bonchev–Trinajstić information content (AvgIpc) is 3.15. The molecule has 0 unspecified atom stereocenters. The zero-order valence-electron chi connectivity index (χ0n) is 10.1. The van der Waals surface area contributed by atoms with Gasteiger partial charge in [-0.1, -0.05) is 11.6 Å². The number of halogens is 1. The van der Waals surface area contributed by atoms with E-state index in [0.717, 1.165) is 13.0 Å². The van der Waals surface area contributed by atoms with Gasteiger partial charge in [0.1, 0.15) is 5.75 Å². The summed E-state index contributed by atoms with van der Waals surface area (Å²) >= 11 is 5.90. The fourth-order valence-corrected chi connectivity index (χ4v) is 1.87. The first-order valence-electron chi connectivity index (χ1n) is 6.17. The molecule has 0 spiro atoms. The Labute approximate surface area is 111 Å². The van der Waals surface area contributed by atoms with E-state index in [-0.39, 0.29) is 11.7 Å². The largest absolute Gasteiger partial charge is 0.508 e. The number of phenolic OH excluding ortho intramolecular Hbond substituents is 1. The van der Waals surface area contributed by atoms with Gasteiger partial charge in [-0.3, -0.25) is 4.79 Å². The molecule has 1 aliphatic rings. The molecule has 1 saturated carbocycles. The van der Waals surface area contributed by atoms with Crippen LogP contribution in [-0.2, 0) is 0 Å². The molecule has 1 fully saturated rings. The van der Waals surface area contributed by atoms with Crippen LogP contribution in [0.4, 0.5) is 0 Å². The molecule has 1 amide bonds. The number of nitrogens with one attached hydrogen (secondary N) is 2. The Morgan fingerprint density at radius 2 is 2.17 bits per heavy atom. The van der Waals surface area contributed by atoms with E-state index in [4.69, 9.17) is 11.6 Å². The van der Waals surface area contributed by atoms with Crippen molar-refractivity contribution in [3.05, 3.63) is 28.8 Å². The Balaban J connectivity index is 1.74. The first kappa shape index (κ1) is 13.2. The summed E-state index contributed by atoms with van der Waals surface area (Å²) in [6, 6.07) is 5.04. The van der Waals surface area contributed by atoms with Gasteiger partial charge in [0.05, 0.1) is 10.6 Å². The van der Waals surface area contributed by atoms with E-state index in [0.29, 0.717) is 23.2 Å². The van der Waals surface area contributed by atoms with Crippen LogP contribution in [0.2, 0.25) is 5.02 Å². The van der Waals surface area contributed by atoms with Gasteiger partial charge in [-0.15, -0.1) is 0 Å². The third kappa shape index (κ3) is 3.89. The monoisotopic (exact) mass is 268 g/mol. The molecule has 98 valence electrons. The summed E-state index contributed by atoms with van der Waals surface area (Å²) in [5.41, 5.74) is 0.312. The van der Waals surface area contributed by atoms with E-state index in [1.807, 2.05) is 0 Å². The first-order chi connectivity index (χ1) is 8.66. The van der Waals surface area contributed by atoms with E-state index < -0.39 is 0 Å². The zero-order chi connectivity index (χ0) is 13.0. The highest BCUT2D eigenvalue weighted by Crippen LogP contribution is 2.21. The van der Waals surface area contributed by atoms with Crippen molar-refractivity contribution in [1.29, 1.82) is 0 Å². The third-order valence-electron chi connectivity index (χ3n) is 2.84. The second-order valence-corrected chi connectivity index (χ2v) is 4.91. The van der Waals surface area contributed by atoms with Gasteiger partial charge in [0.15, 0.2) is 0 Å². The van der Waals surface area contributed by atoms with E-state index in [1.54, 1.807) is 0 Å². The number of rotatable bonds is 6. The summed E-state index contributed by atoms with van der Waals surface area (Å²) in [7, 11) is 0. The molecular weight excluding hydrogens is 252 g/mol. The molecule has 0 heterocycles. The van der Waals surface area contributed by atoms with Crippen molar-refractivity contribution in [2.24, 2.45) is 0 Å². The lowest BCUT2D eigenvalue weighted by molar-refractivity contribution is 0.0953. The molecule has 0 bridgehead atoms. The Morgan fingerprint density at radius 1 is 1.39 bits per heavy atom. The molecule has 5 heteroatoms. The van der Waals surface area contributed by atoms with E-state index in [2.05, 4.69) is 10.6 Å². The first-order valence-corrected chi connectivity index (χ1v) is 6.54. The summed E-state index contributed by atoms with van der Waals surface area (Å²) < 4.78 is 0. The normalized spacial score (nSPS) is 14.5. The molecule has 2 rings (SSSR count). The SMILES string of the molecule is O=C(NCCCNC1CC1)c1cc(O)ccc1Cl. The van der Waals surface area contributed by atoms with Crippen LogP contribution in [0, 0.1) is 0 Å². The van der Waals surface area contributed by atoms with Gasteiger partial charge in [0.2, 0.25) is 0 Å². The molecule has 4 nitrogen and oxygen atoms in total. The van der Waals surface area contributed by atoms with Crippen molar-refractivity contribution in [2.75, 3.05) is 13.1 Å². The topological polar surface area (TPSA) is 61.4 Å². The molecule has 0 aromatic heterocycles. The summed E-state index contributed by atoms with van der Waals surface area (Å²) in [4.78, 5) is 11.8. The fourth-order valence-electron chi connectivity index (χ4n) is 1.67. The van der Waals surface area contributed by atoms with Crippen LogP contribution in [0.15, 0.2) is 18.2 Å². The maximum atomic E-state index is 11.8. The Hall–Kier alpha value is -1.26. The zero-order valence-corrected chi connectivity index (χ0v) is 10.8. The minimum absolute atomic E-state index is 0.0416. The summed E-state index contributed by atoms with van der Waals surface area (Å²) in [5, 5.41) is 15.8. The highest BCUT2D eigenvalue weighted by atomic mass is 35.5. The maximum Gasteiger partial charge on any atom is 0.252 e. The van der Waals surface area contributed by atoms with Crippen molar-refractivity contribution in [1.82, 2.24) is 10.6 Å².